The summed E-state index contributed by atoms with van der Waals surface area (Å²) in [6.45, 7) is 4.74. The van der Waals surface area contributed by atoms with E-state index in [1.807, 2.05) is 30.3 Å². The van der Waals surface area contributed by atoms with Crippen molar-refractivity contribution in [1.29, 1.82) is 0 Å². The normalized spacial score (nSPS) is 14.9. The van der Waals surface area contributed by atoms with Gasteiger partial charge >= 0.3 is 0 Å². The van der Waals surface area contributed by atoms with Crippen molar-refractivity contribution in [3.63, 3.8) is 0 Å². The molecule has 1 aromatic heterocycles. The maximum Gasteiger partial charge on any atom is 0.259 e. The number of hydrogen-bond donors (Lipinski definition) is 0. The Labute approximate surface area is 148 Å². The van der Waals surface area contributed by atoms with E-state index in [1.54, 1.807) is 30.3 Å². The van der Waals surface area contributed by atoms with Gasteiger partial charge in [0.1, 0.15) is 0 Å². The fourth-order valence-electron chi connectivity index (χ4n) is 2.81. The van der Waals surface area contributed by atoms with Crippen LogP contribution in [0.5, 0.6) is 5.88 Å². The summed E-state index contributed by atoms with van der Waals surface area (Å²) >= 11 is 0. The predicted octanol–water partition coefficient (Wildman–Crippen LogP) is 2.07. The van der Waals surface area contributed by atoms with E-state index in [0.717, 1.165) is 38.5 Å². The van der Waals surface area contributed by atoms with Crippen molar-refractivity contribution in [3.8, 4) is 5.88 Å². The third-order valence-corrected chi connectivity index (χ3v) is 4.25. The number of aromatic nitrogens is 1. The molecule has 1 amide bonds. The van der Waals surface area contributed by atoms with E-state index in [2.05, 4.69) is 9.88 Å². The summed E-state index contributed by atoms with van der Waals surface area (Å²) in [4.78, 5) is 21.3. The fraction of sp³-hybridized carbons (Fsp3) is 0.368. The number of hydrogen-bond acceptors (Lipinski definition) is 5. The Kier molecular flexibility index (Phi) is 5.98. The van der Waals surface area contributed by atoms with Crippen molar-refractivity contribution in [2.75, 3.05) is 51.4 Å². The molecule has 1 aliphatic rings. The van der Waals surface area contributed by atoms with Crippen LogP contribution in [-0.4, -0.2) is 62.3 Å². The quantitative estimate of drug-likeness (QED) is 0.805. The summed E-state index contributed by atoms with van der Waals surface area (Å²) < 4.78 is 10.5. The second kappa shape index (κ2) is 8.60. The van der Waals surface area contributed by atoms with Gasteiger partial charge in [-0.15, -0.1) is 0 Å². The van der Waals surface area contributed by atoms with Crippen molar-refractivity contribution < 1.29 is 14.3 Å². The van der Waals surface area contributed by atoms with Crippen LogP contribution in [0, 0.1) is 0 Å². The molecule has 0 N–H and O–H groups in total. The molecule has 1 fully saturated rings. The molecule has 0 aliphatic carbocycles. The first-order chi connectivity index (χ1) is 12.3. The number of carbonyl (C=O) groups is 1. The van der Waals surface area contributed by atoms with E-state index < -0.39 is 0 Å². The molecule has 0 bridgehead atoms. The van der Waals surface area contributed by atoms with Gasteiger partial charge < -0.3 is 14.4 Å². The van der Waals surface area contributed by atoms with Gasteiger partial charge in [0.2, 0.25) is 5.88 Å². The molecular weight excluding hydrogens is 318 g/mol. The summed E-state index contributed by atoms with van der Waals surface area (Å²) in [6.07, 6.45) is 1.56. The van der Waals surface area contributed by atoms with Gasteiger partial charge in [-0.05, 0) is 18.2 Å². The van der Waals surface area contributed by atoms with E-state index in [4.69, 9.17) is 9.47 Å². The Morgan fingerprint density at radius 3 is 2.60 bits per heavy atom. The number of rotatable bonds is 6. The average molecular weight is 341 g/mol. The summed E-state index contributed by atoms with van der Waals surface area (Å²) in [5.74, 6) is 0.436. The number of methoxy groups -OCH3 is 1. The Bertz CT molecular complexity index is 670. The zero-order chi connectivity index (χ0) is 17.5. The lowest BCUT2D eigenvalue weighted by molar-refractivity contribution is 0.0391. The van der Waals surface area contributed by atoms with Gasteiger partial charge in [0.05, 0.1) is 25.9 Å². The number of carbonyl (C=O) groups excluding carboxylic acids is 1. The summed E-state index contributed by atoms with van der Waals surface area (Å²) in [6, 6.07) is 13.2. The summed E-state index contributed by atoms with van der Waals surface area (Å²) in [5.41, 5.74) is 1.43. The van der Waals surface area contributed by atoms with Crippen LogP contribution in [0.4, 0.5) is 5.69 Å². The van der Waals surface area contributed by atoms with Gasteiger partial charge in [-0.2, -0.15) is 0 Å². The van der Waals surface area contributed by atoms with Crippen LogP contribution in [0.3, 0.4) is 0 Å². The van der Waals surface area contributed by atoms with Gasteiger partial charge in [0.15, 0.2) is 0 Å². The highest BCUT2D eigenvalue weighted by atomic mass is 16.5. The molecular formula is C19H23N3O3. The minimum Gasteiger partial charge on any atom is -0.481 e. The number of benzene rings is 1. The number of para-hydroxylation sites is 1. The Morgan fingerprint density at radius 2 is 1.96 bits per heavy atom. The minimum atomic E-state index is -0.0605. The van der Waals surface area contributed by atoms with E-state index in [-0.39, 0.29) is 5.91 Å². The monoisotopic (exact) mass is 341 g/mol. The Balaban J connectivity index is 1.76. The van der Waals surface area contributed by atoms with Crippen molar-refractivity contribution >= 4 is 11.6 Å². The van der Waals surface area contributed by atoms with Crippen LogP contribution < -0.4 is 9.64 Å². The summed E-state index contributed by atoms with van der Waals surface area (Å²) in [7, 11) is 1.56. The lowest BCUT2D eigenvalue weighted by Gasteiger charge is -2.30. The third-order valence-electron chi connectivity index (χ3n) is 4.25. The lowest BCUT2D eigenvalue weighted by Crippen LogP contribution is -2.43. The number of amides is 1. The van der Waals surface area contributed by atoms with Crippen LogP contribution in [0.2, 0.25) is 0 Å². The number of anilines is 1. The van der Waals surface area contributed by atoms with Gasteiger partial charge in [0.25, 0.3) is 5.91 Å². The second-order valence-corrected chi connectivity index (χ2v) is 5.84. The minimum absolute atomic E-state index is 0.0605. The Morgan fingerprint density at radius 1 is 1.20 bits per heavy atom. The van der Waals surface area contributed by atoms with E-state index >= 15 is 0 Å². The first kappa shape index (κ1) is 17.4. The van der Waals surface area contributed by atoms with Crippen LogP contribution in [-0.2, 0) is 4.74 Å². The van der Waals surface area contributed by atoms with Crippen LogP contribution in [0.15, 0.2) is 48.7 Å². The van der Waals surface area contributed by atoms with E-state index in [1.165, 1.54) is 0 Å². The van der Waals surface area contributed by atoms with Crippen molar-refractivity contribution in [3.05, 3.63) is 54.2 Å². The third kappa shape index (κ3) is 4.55. The standard InChI is InChI=1S/C19H23N3O3/c1-24-18-8-7-16(15-20-18)19(23)22(17-5-3-2-4-6-17)10-9-21-11-13-25-14-12-21/h2-8,15H,9-14H2,1H3. The number of ether oxygens (including phenoxy) is 2. The predicted molar refractivity (Wildman–Crippen MR) is 96.2 cm³/mol. The van der Waals surface area contributed by atoms with E-state index in [0.29, 0.717) is 18.0 Å². The topological polar surface area (TPSA) is 54.9 Å². The first-order valence-corrected chi connectivity index (χ1v) is 8.45. The highest BCUT2D eigenvalue weighted by Gasteiger charge is 2.20. The van der Waals surface area contributed by atoms with Gasteiger partial charge in [0, 0.05) is 44.1 Å². The van der Waals surface area contributed by atoms with Crippen LogP contribution >= 0.6 is 0 Å². The SMILES string of the molecule is COc1ccc(C(=O)N(CCN2CCOCC2)c2ccccc2)cn1. The zero-order valence-corrected chi connectivity index (χ0v) is 14.4. The van der Waals surface area contributed by atoms with Gasteiger partial charge in [-0.25, -0.2) is 4.98 Å². The zero-order valence-electron chi connectivity index (χ0n) is 14.4. The van der Waals surface area contributed by atoms with E-state index in [9.17, 15) is 4.79 Å². The molecule has 2 heterocycles. The highest BCUT2D eigenvalue weighted by Crippen LogP contribution is 2.18. The number of nitrogens with zero attached hydrogens (tertiary/aromatic N) is 3. The molecule has 3 rings (SSSR count). The molecule has 0 saturated carbocycles. The molecule has 0 atom stereocenters. The fourth-order valence-corrected chi connectivity index (χ4v) is 2.81. The van der Waals surface area contributed by atoms with Gasteiger partial charge in [-0.3, -0.25) is 9.69 Å². The molecule has 6 nitrogen and oxygen atoms in total. The largest absolute Gasteiger partial charge is 0.481 e. The molecule has 2 aromatic rings. The maximum absolute atomic E-state index is 13.0. The molecule has 6 heteroatoms. The second-order valence-electron chi connectivity index (χ2n) is 5.84. The van der Waals surface area contributed by atoms with Crippen molar-refractivity contribution in [1.82, 2.24) is 9.88 Å². The molecule has 0 unspecified atom stereocenters. The van der Waals surface area contributed by atoms with Gasteiger partial charge in [-0.1, -0.05) is 18.2 Å². The lowest BCUT2D eigenvalue weighted by atomic mass is 10.2. The molecule has 1 aromatic carbocycles. The maximum atomic E-state index is 13.0. The first-order valence-electron chi connectivity index (χ1n) is 8.45. The average Bonchev–Trinajstić information content (AvgIpc) is 2.69. The molecule has 1 aliphatic heterocycles. The number of morpholine rings is 1. The highest BCUT2D eigenvalue weighted by molar-refractivity contribution is 6.05. The van der Waals surface area contributed by atoms with Crippen molar-refractivity contribution in [2.45, 2.75) is 0 Å². The molecule has 1 saturated heterocycles. The number of pyridine rings is 1. The molecule has 0 radical (unpaired) electrons. The Hall–Kier alpha value is -2.44. The van der Waals surface area contributed by atoms with Crippen LogP contribution in [0.1, 0.15) is 10.4 Å². The molecule has 132 valence electrons. The van der Waals surface area contributed by atoms with Crippen molar-refractivity contribution in [2.24, 2.45) is 0 Å². The smallest absolute Gasteiger partial charge is 0.259 e. The molecule has 0 spiro atoms. The molecule has 25 heavy (non-hydrogen) atoms. The summed E-state index contributed by atoms with van der Waals surface area (Å²) in [5, 5.41) is 0. The van der Waals surface area contributed by atoms with Crippen LogP contribution in [0.25, 0.3) is 0 Å².